The summed E-state index contributed by atoms with van der Waals surface area (Å²) in [5, 5.41) is 3.49. The highest BCUT2D eigenvalue weighted by molar-refractivity contribution is 7.99. The molecule has 2 heterocycles. The first-order valence-corrected chi connectivity index (χ1v) is 9.90. The fourth-order valence-corrected chi connectivity index (χ4v) is 3.90. The normalized spacial score (nSPS) is 16.1. The lowest BCUT2D eigenvalue weighted by Gasteiger charge is -2.28. The Balaban J connectivity index is 1.67. The lowest BCUT2D eigenvalue weighted by atomic mass is 10.0. The second kappa shape index (κ2) is 8.54. The van der Waals surface area contributed by atoms with E-state index in [9.17, 15) is 0 Å². The van der Waals surface area contributed by atoms with Crippen LogP contribution >= 0.6 is 11.8 Å². The molecule has 134 valence electrons. The predicted octanol–water partition coefficient (Wildman–Crippen LogP) is 3.05. The fraction of sp³-hybridized carbons (Fsp3) is 0.474. The monoisotopic (exact) mass is 357 g/mol. The van der Waals surface area contributed by atoms with Crippen LogP contribution in [0.1, 0.15) is 17.2 Å². The van der Waals surface area contributed by atoms with Crippen molar-refractivity contribution in [1.82, 2.24) is 14.9 Å². The van der Waals surface area contributed by atoms with Gasteiger partial charge in [0, 0.05) is 37.2 Å². The van der Waals surface area contributed by atoms with E-state index in [1.807, 2.05) is 11.8 Å². The van der Waals surface area contributed by atoms with Crippen LogP contribution in [-0.2, 0) is 0 Å². The number of nitrogens with one attached hydrogen (secondary N) is 1. The molecule has 0 saturated carbocycles. The van der Waals surface area contributed by atoms with Gasteiger partial charge in [0.2, 0.25) is 0 Å². The van der Waals surface area contributed by atoms with E-state index in [-0.39, 0.29) is 0 Å². The number of anilines is 2. The summed E-state index contributed by atoms with van der Waals surface area (Å²) in [5.74, 6) is 4.25. The lowest BCUT2D eigenvalue weighted by Crippen LogP contribution is -2.33. The standard InChI is InChI=1S/C19H27N5S/c1-15-4-6-16(7-5-15)17(23(2)3)13-20-18-12-19(22-14-21-18)24-8-10-25-11-9-24/h4-7,12,14,17H,8-11,13H2,1-3H3,(H,20,21,22). The van der Waals surface area contributed by atoms with Gasteiger partial charge < -0.3 is 15.1 Å². The summed E-state index contributed by atoms with van der Waals surface area (Å²) < 4.78 is 0. The minimum absolute atomic E-state index is 0.297. The van der Waals surface area contributed by atoms with Gasteiger partial charge in [-0.05, 0) is 26.6 Å². The Bertz CT molecular complexity index is 668. The zero-order chi connectivity index (χ0) is 17.6. The van der Waals surface area contributed by atoms with Gasteiger partial charge in [-0.25, -0.2) is 9.97 Å². The van der Waals surface area contributed by atoms with Gasteiger partial charge in [-0.1, -0.05) is 29.8 Å². The highest BCUT2D eigenvalue weighted by Gasteiger charge is 2.16. The number of nitrogens with zero attached hydrogens (tertiary/aromatic N) is 4. The van der Waals surface area contributed by atoms with E-state index in [1.54, 1.807) is 6.33 Å². The van der Waals surface area contributed by atoms with Gasteiger partial charge in [0.05, 0.1) is 6.04 Å². The van der Waals surface area contributed by atoms with Crippen molar-refractivity contribution < 1.29 is 0 Å². The molecular weight excluding hydrogens is 330 g/mol. The average molecular weight is 358 g/mol. The topological polar surface area (TPSA) is 44.3 Å². The third-order valence-electron chi connectivity index (χ3n) is 4.55. The Morgan fingerprint density at radius 3 is 2.56 bits per heavy atom. The molecule has 1 N–H and O–H groups in total. The van der Waals surface area contributed by atoms with Crippen LogP contribution in [0.4, 0.5) is 11.6 Å². The Kier molecular flexibility index (Phi) is 6.15. The SMILES string of the molecule is Cc1ccc(C(CNc2cc(N3CCSCC3)ncn2)N(C)C)cc1. The lowest BCUT2D eigenvalue weighted by molar-refractivity contribution is 0.311. The Morgan fingerprint density at radius 2 is 1.88 bits per heavy atom. The largest absolute Gasteiger partial charge is 0.368 e. The van der Waals surface area contributed by atoms with Crippen LogP contribution in [0.5, 0.6) is 0 Å². The summed E-state index contributed by atoms with van der Waals surface area (Å²) in [5.41, 5.74) is 2.60. The van der Waals surface area contributed by atoms with Crippen LogP contribution in [0.2, 0.25) is 0 Å². The number of aromatic nitrogens is 2. The Morgan fingerprint density at radius 1 is 1.16 bits per heavy atom. The van der Waals surface area contributed by atoms with Crippen LogP contribution in [0.3, 0.4) is 0 Å². The van der Waals surface area contributed by atoms with Crippen LogP contribution in [0.25, 0.3) is 0 Å². The maximum atomic E-state index is 4.45. The molecular formula is C19H27N5S. The molecule has 1 unspecified atom stereocenters. The van der Waals surface area contributed by atoms with Crippen molar-refractivity contribution in [1.29, 1.82) is 0 Å². The summed E-state index contributed by atoms with van der Waals surface area (Å²) in [6.07, 6.45) is 1.66. The zero-order valence-corrected chi connectivity index (χ0v) is 16.1. The fourth-order valence-electron chi connectivity index (χ4n) is 3.00. The molecule has 2 aromatic rings. The summed E-state index contributed by atoms with van der Waals surface area (Å²) in [4.78, 5) is 13.4. The number of thioether (sulfide) groups is 1. The second-order valence-corrected chi connectivity index (χ2v) is 7.86. The average Bonchev–Trinajstić information content (AvgIpc) is 2.64. The van der Waals surface area contributed by atoms with Crippen molar-refractivity contribution in [3.8, 4) is 0 Å². The summed E-state index contributed by atoms with van der Waals surface area (Å²) >= 11 is 2.01. The maximum Gasteiger partial charge on any atom is 0.134 e. The van der Waals surface area contributed by atoms with Gasteiger partial charge in [-0.3, -0.25) is 0 Å². The van der Waals surface area contributed by atoms with Gasteiger partial charge in [0.25, 0.3) is 0 Å². The van der Waals surface area contributed by atoms with Crippen molar-refractivity contribution in [3.63, 3.8) is 0 Å². The molecule has 0 aliphatic carbocycles. The van der Waals surface area contributed by atoms with Crippen molar-refractivity contribution in [2.45, 2.75) is 13.0 Å². The first-order chi connectivity index (χ1) is 12.1. The molecule has 1 saturated heterocycles. The molecule has 6 heteroatoms. The molecule has 25 heavy (non-hydrogen) atoms. The van der Waals surface area contributed by atoms with Crippen LogP contribution in [0, 0.1) is 6.92 Å². The Hall–Kier alpha value is -1.79. The van der Waals surface area contributed by atoms with Crippen LogP contribution < -0.4 is 10.2 Å². The van der Waals surface area contributed by atoms with E-state index in [0.29, 0.717) is 6.04 Å². The molecule has 1 fully saturated rings. The number of aryl methyl sites for hydroxylation is 1. The smallest absolute Gasteiger partial charge is 0.134 e. The molecule has 3 rings (SSSR count). The molecule has 0 bridgehead atoms. The van der Waals surface area contributed by atoms with E-state index in [2.05, 4.69) is 76.4 Å². The van der Waals surface area contributed by atoms with Crippen molar-refractivity contribution in [2.24, 2.45) is 0 Å². The number of hydrogen-bond acceptors (Lipinski definition) is 6. The first kappa shape index (κ1) is 18.0. The Labute approximate surface area is 154 Å². The molecule has 1 aliphatic heterocycles. The number of hydrogen-bond donors (Lipinski definition) is 1. The molecule has 0 spiro atoms. The predicted molar refractivity (Wildman–Crippen MR) is 108 cm³/mol. The number of rotatable bonds is 6. The van der Waals surface area contributed by atoms with Crippen molar-refractivity contribution in [3.05, 3.63) is 47.8 Å². The highest BCUT2D eigenvalue weighted by Crippen LogP contribution is 2.22. The quantitative estimate of drug-likeness (QED) is 0.857. The van der Waals surface area contributed by atoms with Crippen LogP contribution in [0.15, 0.2) is 36.7 Å². The van der Waals surface area contributed by atoms with E-state index < -0.39 is 0 Å². The molecule has 1 atom stereocenters. The van der Waals surface area contributed by atoms with E-state index in [0.717, 1.165) is 31.3 Å². The van der Waals surface area contributed by atoms with Gasteiger partial charge in [0.1, 0.15) is 18.0 Å². The van der Waals surface area contributed by atoms with E-state index >= 15 is 0 Å². The first-order valence-electron chi connectivity index (χ1n) is 8.75. The summed E-state index contributed by atoms with van der Waals surface area (Å²) in [6.45, 7) is 5.05. The van der Waals surface area contributed by atoms with E-state index in [1.165, 1.54) is 22.6 Å². The van der Waals surface area contributed by atoms with Crippen molar-refractivity contribution >= 4 is 23.4 Å². The highest BCUT2D eigenvalue weighted by atomic mass is 32.2. The number of likely N-dealkylation sites (N-methyl/N-ethyl adjacent to an activating group) is 1. The molecule has 1 aromatic heterocycles. The van der Waals surface area contributed by atoms with Crippen molar-refractivity contribution in [2.75, 3.05) is 55.5 Å². The van der Waals surface area contributed by atoms with Gasteiger partial charge in [0.15, 0.2) is 0 Å². The number of benzene rings is 1. The van der Waals surface area contributed by atoms with Gasteiger partial charge in [-0.2, -0.15) is 11.8 Å². The molecule has 1 aliphatic rings. The molecule has 1 aromatic carbocycles. The van der Waals surface area contributed by atoms with Gasteiger partial charge >= 0.3 is 0 Å². The minimum Gasteiger partial charge on any atom is -0.368 e. The molecule has 5 nitrogen and oxygen atoms in total. The van der Waals surface area contributed by atoms with Gasteiger partial charge in [-0.15, -0.1) is 0 Å². The third-order valence-corrected chi connectivity index (χ3v) is 5.49. The van der Waals surface area contributed by atoms with Crippen LogP contribution in [-0.4, -0.2) is 60.1 Å². The molecule has 0 amide bonds. The second-order valence-electron chi connectivity index (χ2n) is 6.63. The summed E-state index contributed by atoms with van der Waals surface area (Å²) in [7, 11) is 4.23. The maximum absolute atomic E-state index is 4.45. The van der Waals surface area contributed by atoms with E-state index in [4.69, 9.17) is 0 Å². The third kappa shape index (κ3) is 4.86. The minimum atomic E-state index is 0.297. The summed E-state index contributed by atoms with van der Waals surface area (Å²) in [6, 6.07) is 11.1. The zero-order valence-electron chi connectivity index (χ0n) is 15.3. The molecule has 0 radical (unpaired) electrons.